The van der Waals surface area contributed by atoms with Crippen molar-refractivity contribution in [3.8, 4) is 0 Å². The maximum Gasteiger partial charge on any atom is 0.147 e. The number of hydrogen-bond donors (Lipinski definition) is 5. The van der Waals surface area contributed by atoms with E-state index in [2.05, 4.69) is 10.4 Å². The Kier molecular flexibility index (Phi) is 5.90. The summed E-state index contributed by atoms with van der Waals surface area (Å²) in [4.78, 5) is 0. The van der Waals surface area contributed by atoms with E-state index in [1.54, 1.807) is 17.8 Å². The first-order valence-corrected chi connectivity index (χ1v) is 6.06. The summed E-state index contributed by atoms with van der Waals surface area (Å²) in [6, 6.07) is 0. The van der Waals surface area contributed by atoms with Crippen LogP contribution in [0.5, 0.6) is 0 Å². The molecule has 1 aromatic heterocycles. The highest BCUT2D eigenvalue weighted by atomic mass is 16.3. The van der Waals surface area contributed by atoms with E-state index in [9.17, 15) is 10.2 Å². The molecule has 104 valence electrons. The third-order valence-electron chi connectivity index (χ3n) is 2.61. The molecule has 0 aliphatic rings. The second kappa shape index (κ2) is 7.20. The first-order chi connectivity index (χ1) is 8.54. The fourth-order valence-corrected chi connectivity index (χ4v) is 1.52. The maximum absolute atomic E-state index is 9.24. The minimum atomic E-state index is -0.729. The molecular formula is C11H22N4O3. The standard InChI is InChI=1S/C11H22N4O3/c1-8(17)3-5-15-11(10(12)6-14-15)13-4-2-9(18)7-16/h6,8-9,13,16-18H,2-5,7,12H2,1H3. The largest absolute Gasteiger partial charge is 0.394 e. The summed E-state index contributed by atoms with van der Waals surface area (Å²) >= 11 is 0. The second-order valence-corrected chi connectivity index (χ2v) is 4.36. The van der Waals surface area contributed by atoms with Gasteiger partial charge < -0.3 is 26.4 Å². The number of aryl methyl sites for hydroxylation is 1. The molecule has 0 spiro atoms. The minimum Gasteiger partial charge on any atom is -0.394 e. The van der Waals surface area contributed by atoms with Crippen LogP contribution in [-0.2, 0) is 6.54 Å². The molecule has 0 amide bonds. The van der Waals surface area contributed by atoms with E-state index in [-0.39, 0.29) is 12.7 Å². The summed E-state index contributed by atoms with van der Waals surface area (Å²) in [5.74, 6) is 0.681. The first-order valence-electron chi connectivity index (χ1n) is 6.06. The Labute approximate surface area is 106 Å². The van der Waals surface area contributed by atoms with Crippen LogP contribution in [-0.4, -0.2) is 50.5 Å². The molecule has 7 heteroatoms. The quantitative estimate of drug-likeness (QED) is 0.425. The van der Waals surface area contributed by atoms with Crippen molar-refractivity contribution >= 4 is 11.5 Å². The molecule has 2 unspecified atom stereocenters. The molecule has 0 saturated carbocycles. The lowest BCUT2D eigenvalue weighted by Crippen LogP contribution is -2.19. The van der Waals surface area contributed by atoms with Crippen LogP contribution in [0.3, 0.4) is 0 Å². The minimum absolute atomic E-state index is 0.252. The van der Waals surface area contributed by atoms with Gasteiger partial charge in [-0.3, -0.25) is 0 Å². The third kappa shape index (κ3) is 4.52. The van der Waals surface area contributed by atoms with Crippen LogP contribution in [0.2, 0.25) is 0 Å². The maximum atomic E-state index is 9.24. The normalized spacial score (nSPS) is 14.4. The predicted octanol–water partition coefficient (Wildman–Crippen LogP) is -0.609. The number of rotatable bonds is 8. The van der Waals surface area contributed by atoms with Crippen molar-refractivity contribution in [2.45, 2.75) is 38.5 Å². The summed E-state index contributed by atoms with van der Waals surface area (Å²) in [5, 5.41) is 34.3. The van der Waals surface area contributed by atoms with Crippen molar-refractivity contribution in [1.82, 2.24) is 9.78 Å². The first kappa shape index (κ1) is 14.7. The summed E-state index contributed by atoms with van der Waals surface area (Å²) in [5.41, 5.74) is 6.30. The molecule has 1 aromatic rings. The van der Waals surface area contributed by atoms with Gasteiger partial charge in [-0.05, 0) is 19.8 Å². The van der Waals surface area contributed by atoms with Crippen LogP contribution in [0.4, 0.5) is 11.5 Å². The lowest BCUT2D eigenvalue weighted by molar-refractivity contribution is 0.0910. The number of aliphatic hydroxyl groups is 3. The summed E-state index contributed by atoms with van der Waals surface area (Å²) in [6.07, 6.45) is 1.45. The van der Waals surface area contributed by atoms with Gasteiger partial charge in [0.05, 0.1) is 30.7 Å². The van der Waals surface area contributed by atoms with Crippen molar-refractivity contribution < 1.29 is 15.3 Å². The van der Waals surface area contributed by atoms with Crippen LogP contribution in [0.15, 0.2) is 6.20 Å². The van der Waals surface area contributed by atoms with Gasteiger partial charge in [0.15, 0.2) is 0 Å². The van der Waals surface area contributed by atoms with Gasteiger partial charge in [0, 0.05) is 13.1 Å². The number of nitrogens with zero attached hydrogens (tertiary/aromatic N) is 2. The molecule has 0 radical (unpaired) electrons. The predicted molar refractivity (Wildman–Crippen MR) is 69.1 cm³/mol. The molecule has 0 bridgehead atoms. The molecule has 0 aromatic carbocycles. The van der Waals surface area contributed by atoms with Crippen LogP contribution >= 0.6 is 0 Å². The molecule has 2 atom stereocenters. The highest BCUT2D eigenvalue weighted by molar-refractivity contribution is 5.60. The van der Waals surface area contributed by atoms with Crippen LogP contribution in [0.25, 0.3) is 0 Å². The van der Waals surface area contributed by atoms with Gasteiger partial charge in [-0.2, -0.15) is 5.10 Å². The van der Waals surface area contributed by atoms with Crippen LogP contribution in [0, 0.1) is 0 Å². The molecule has 0 saturated heterocycles. The number of anilines is 2. The average molecular weight is 258 g/mol. The Morgan fingerprint density at radius 3 is 2.78 bits per heavy atom. The number of aromatic nitrogens is 2. The van der Waals surface area contributed by atoms with Gasteiger partial charge in [0.1, 0.15) is 5.82 Å². The van der Waals surface area contributed by atoms with Gasteiger partial charge in [0.2, 0.25) is 0 Å². The van der Waals surface area contributed by atoms with Gasteiger partial charge >= 0.3 is 0 Å². The fourth-order valence-electron chi connectivity index (χ4n) is 1.52. The zero-order chi connectivity index (χ0) is 13.5. The highest BCUT2D eigenvalue weighted by Gasteiger charge is 2.09. The molecule has 7 nitrogen and oxygen atoms in total. The zero-order valence-corrected chi connectivity index (χ0v) is 10.6. The van der Waals surface area contributed by atoms with E-state index in [1.165, 1.54) is 0 Å². The average Bonchev–Trinajstić information content (AvgIpc) is 2.68. The Balaban J connectivity index is 2.50. The SMILES string of the molecule is CC(O)CCn1ncc(N)c1NCCC(O)CO. The molecular weight excluding hydrogens is 236 g/mol. The summed E-state index contributed by atoms with van der Waals surface area (Å²) in [7, 11) is 0. The number of nitrogens with two attached hydrogens (primary N) is 1. The van der Waals surface area contributed by atoms with E-state index < -0.39 is 6.10 Å². The summed E-state index contributed by atoms with van der Waals surface area (Å²) in [6.45, 7) is 2.53. The second-order valence-electron chi connectivity index (χ2n) is 4.36. The van der Waals surface area contributed by atoms with Crippen LogP contribution < -0.4 is 11.1 Å². The molecule has 1 rings (SSSR count). The van der Waals surface area contributed by atoms with Gasteiger partial charge in [0.25, 0.3) is 0 Å². The van der Waals surface area contributed by atoms with Crippen LogP contribution in [0.1, 0.15) is 19.8 Å². The third-order valence-corrected chi connectivity index (χ3v) is 2.61. The molecule has 0 aliphatic heterocycles. The van der Waals surface area contributed by atoms with E-state index >= 15 is 0 Å². The van der Waals surface area contributed by atoms with Crippen molar-refractivity contribution in [2.24, 2.45) is 0 Å². The Morgan fingerprint density at radius 1 is 1.44 bits per heavy atom. The van der Waals surface area contributed by atoms with E-state index in [1.807, 2.05) is 0 Å². The highest BCUT2D eigenvalue weighted by Crippen LogP contribution is 2.18. The summed E-state index contributed by atoms with van der Waals surface area (Å²) < 4.78 is 1.69. The zero-order valence-electron chi connectivity index (χ0n) is 10.6. The Hall–Kier alpha value is -1.31. The molecule has 6 N–H and O–H groups in total. The topological polar surface area (TPSA) is 117 Å². The van der Waals surface area contributed by atoms with Crippen molar-refractivity contribution in [2.75, 3.05) is 24.2 Å². The fraction of sp³-hybridized carbons (Fsp3) is 0.727. The molecule has 1 heterocycles. The van der Waals surface area contributed by atoms with E-state index in [0.717, 1.165) is 0 Å². The Morgan fingerprint density at radius 2 is 2.17 bits per heavy atom. The van der Waals surface area contributed by atoms with E-state index in [0.29, 0.717) is 37.4 Å². The monoisotopic (exact) mass is 258 g/mol. The Bertz CT molecular complexity index is 354. The van der Waals surface area contributed by atoms with Crippen molar-refractivity contribution in [3.63, 3.8) is 0 Å². The molecule has 0 fully saturated rings. The van der Waals surface area contributed by atoms with Gasteiger partial charge in [-0.25, -0.2) is 4.68 Å². The lowest BCUT2D eigenvalue weighted by atomic mass is 10.2. The lowest BCUT2D eigenvalue weighted by Gasteiger charge is -2.13. The van der Waals surface area contributed by atoms with Gasteiger partial charge in [-0.1, -0.05) is 0 Å². The molecule has 18 heavy (non-hydrogen) atoms. The van der Waals surface area contributed by atoms with Crippen molar-refractivity contribution in [3.05, 3.63) is 6.20 Å². The number of aliphatic hydroxyl groups excluding tert-OH is 3. The van der Waals surface area contributed by atoms with E-state index in [4.69, 9.17) is 10.8 Å². The smallest absolute Gasteiger partial charge is 0.147 e. The number of nitrogen functional groups attached to an aromatic ring is 1. The van der Waals surface area contributed by atoms with Gasteiger partial charge in [-0.15, -0.1) is 0 Å². The number of nitrogens with one attached hydrogen (secondary N) is 1. The molecule has 0 aliphatic carbocycles. The number of hydrogen-bond acceptors (Lipinski definition) is 6. The van der Waals surface area contributed by atoms with Crippen molar-refractivity contribution in [1.29, 1.82) is 0 Å².